The third-order valence-electron chi connectivity index (χ3n) is 4.94. The number of rotatable bonds is 4. The van der Waals surface area contributed by atoms with Crippen molar-refractivity contribution in [2.75, 3.05) is 19.4 Å². The molecule has 3 aromatic heterocycles. The predicted octanol–water partition coefficient (Wildman–Crippen LogP) is 0.174. The zero-order valence-electron chi connectivity index (χ0n) is 15.5. The van der Waals surface area contributed by atoms with E-state index >= 15 is 0 Å². The molecule has 0 amide bonds. The normalized spacial score (nSPS) is 14.4. The van der Waals surface area contributed by atoms with Crippen LogP contribution in [0.25, 0.3) is 16.6 Å². The highest BCUT2D eigenvalue weighted by Gasteiger charge is 2.25. The van der Waals surface area contributed by atoms with Crippen LogP contribution in [0.2, 0.25) is 0 Å². The molecule has 12 heteroatoms. The summed E-state index contributed by atoms with van der Waals surface area (Å²) >= 11 is 0. The van der Waals surface area contributed by atoms with Gasteiger partial charge in [-0.1, -0.05) is 6.07 Å². The largest absolute Gasteiger partial charge is 0.494 e. The number of nitrogens with two attached hydrogens (primary N) is 1. The number of para-hydroxylation sites is 1. The minimum Gasteiger partial charge on any atom is -0.494 e. The van der Waals surface area contributed by atoms with Crippen molar-refractivity contribution < 1.29 is 14.6 Å². The second-order valence-corrected chi connectivity index (χ2v) is 6.70. The number of carbonyl (C=O) groups is 1. The van der Waals surface area contributed by atoms with Crippen LogP contribution in [-0.4, -0.2) is 64.0 Å². The van der Waals surface area contributed by atoms with Crippen LogP contribution in [0.15, 0.2) is 18.2 Å². The molecule has 29 heavy (non-hydrogen) atoms. The third-order valence-corrected chi connectivity index (χ3v) is 4.94. The first-order valence-corrected chi connectivity index (χ1v) is 8.90. The Morgan fingerprint density at radius 1 is 1.28 bits per heavy atom. The van der Waals surface area contributed by atoms with Crippen molar-refractivity contribution in [1.29, 1.82) is 0 Å². The molecule has 4 heterocycles. The number of ether oxygens (including phenoxy) is 1. The molecule has 3 N–H and O–H groups in total. The van der Waals surface area contributed by atoms with Gasteiger partial charge in [0.2, 0.25) is 11.8 Å². The van der Waals surface area contributed by atoms with Crippen LogP contribution in [0.4, 0.5) is 5.95 Å². The van der Waals surface area contributed by atoms with Crippen molar-refractivity contribution in [3.63, 3.8) is 0 Å². The first-order chi connectivity index (χ1) is 14.0. The Labute approximate surface area is 163 Å². The molecule has 0 bridgehead atoms. The van der Waals surface area contributed by atoms with E-state index in [-0.39, 0.29) is 11.8 Å². The van der Waals surface area contributed by atoms with Gasteiger partial charge in [0.1, 0.15) is 17.1 Å². The summed E-state index contributed by atoms with van der Waals surface area (Å²) in [6, 6.07) is 5.58. The van der Waals surface area contributed by atoms with E-state index in [2.05, 4.69) is 30.2 Å². The SMILES string of the molecule is COc1cccc2c1nc(N)n1nc(CN3CCn4c(nnc4C(=O)O)C3)nc21. The molecule has 1 aliphatic heterocycles. The molecule has 0 spiro atoms. The van der Waals surface area contributed by atoms with E-state index in [0.717, 1.165) is 5.39 Å². The second-order valence-electron chi connectivity index (χ2n) is 6.70. The van der Waals surface area contributed by atoms with E-state index in [9.17, 15) is 9.90 Å². The van der Waals surface area contributed by atoms with Gasteiger partial charge in [-0.2, -0.15) is 4.52 Å². The molecule has 0 aliphatic carbocycles. The van der Waals surface area contributed by atoms with Crippen LogP contribution in [0.5, 0.6) is 5.75 Å². The Hall–Kier alpha value is -3.80. The molecule has 148 valence electrons. The average Bonchev–Trinajstić information content (AvgIpc) is 3.32. The van der Waals surface area contributed by atoms with Crippen molar-refractivity contribution in [2.45, 2.75) is 19.6 Å². The van der Waals surface area contributed by atoms with Gasteiger partial charge in [-0.15, -0.1) is 15.3 Å². The molecule has 1 aliphatic rings. The Morgan fingerprint density at radius 2 is 2.14 bits per heavy atom. The van der Waals surface area contributed by atoms with Crippen LogP contribution < -0.4 is 10.5 Å². The fourth-order valence-electron chi connectivity index (χ4n) is 3.60. The van der Waals surface area contributed by atoms with Gasteiger partial charge in [-0.25, -0.2) is 14.8 Å². The number of nitrogen functional groups attached to an aromatic ring is 1. The fourth-order valence-corrected chi connectivity index (χ4v) is 3.60. The quantitative estimate of drug-likeness (QED) is 0.489. The minimum absolute atomic E-state index is 0.0372. The Balaban J connectivity index is 1.48. The lowest BCUT2D eigenvalue weighted by atomic mass is 10.2. The van der Waals surface area contributed by atoms with Crippen molar-refractivity contribution in [2.24, 2.45) is 0 Å². The zero-order chi connectivity index (χ0) is 20.1. The maximum Gasteiger partial charge on any atom is 0.374 e. The predicted molar refractivity (Wildman–Crippen MR) is 100 cm³/mol. The summed E-state index contributed by atoms with van der Waals surface area (Å²) in [5, 5.41) is 22.2. The number of carboxylic acid groups (broad SMARTS) is 1. The van der Waals surface area contributed by atoms with E-state index in [0.29, 0.717) is 54.7 Å². The van der Waals surface area contributed by atoms with Crippen LogP contribution in [0.3, 0.4) is 0 Å². The molecular weight excluding hydrogens is 378 g/mol. The van der Waals surface area contributed by atoms with Crippen LogP contribution in [0, 0.1) is 0 Å². The molecule has 0 atom stereocenters. The number of methoxy groups -OCH3 is 1. The Bertz CT molecular complexity index is 1260. The highest BCUT2D eigenvalue weighted by atomic mass is 16.5. The molecule has 0 radical (unpaired) electrons. The standard InChI is InChI=1S/C17H17N9O3/c1-29-10-4-2-3-9-13(10)20-17(18)26-14(9)19-11(23-26)7-24-5-6-25-12(8-24)21-22-15(25)16(27)28/h2-4H,5-8H2,1H3,(H2,18,20)(H,27,28). The molecule has 4 aromatic rings. The first-order valence-electron chi connectivity index (χ1n) is 8.90. The number of fused-ring (bicyclic) bond motifs is 4. The molecule has 5 rings (SSSR count). The zero-order valence-corrected chi connectivity index (χ0v) is 15.5. The summed E-state index contributed by atoms with van der Waals surface area (Å²) in [6.07, 6.45) is 0. The minimum atomic E-state index is -1.08. The Kier molecular flexibility index (Phi) is 3.81. The van der Waals surface area contributed by atoms with Gasteiger partial charge >= 0.3 is 5.97 Å². The number of aromatic nitrogens is 7. The van der Waals surface area contributed by atoms with Crippen molar-refractivity contribution in [1.82, 2.24) is 39.2 Å². The van der Waals surface area contributed by atoms with Gasteiger partial charge in [0.15, 0.2) is 11.5 Å². The fraction of sp³-hybridized carbons (Fsp3) is 0.294. The summed E-state index contributed by atoms with van der Waals surface area (Å²) < 4.78 is 8.51. The molecule has 0 saturated heterocycles. The van der Waals surface area contributed by atoms with E-state index in [1.807, 2.05) is 18.2 Å². The van der Waals surface area contributed by atoms with Gasteiger partial charge in [-0.3, -0.25) is 4.90 Å². The van der Waals surface area contributed by atoms with E-state index < -0.39 is 5.97 Å². The van der Waals surface area contributed by atoms with Crippen molar-refractivity contribution in [3.05, 3.63) is 35.7 Å². The lowest BCUT2D eigenvalue weighted by Gasteiger charge is -2.26. The van der Waals surface area contributed by atoms with E-state index in [4.69, 9.17) is 10.5 Å². The van der Waals surface area contributed by atoms with Crippen LogP contribution in [-0.2, 0) is 19.6 Å². The Morgan fingerprint density at radius 3 is 2.93 bits per heavy atom. The number of benzene rings is 1. The lowest BCUT2D eigenvalue weighted by molar-refractivity contribution is 0.0673. The summed E-state index contributed by atoms with van der Waals surface area (Å²) in [5.74, 6) is 0.911. The van der Waals surface area contributed by atoms with Crippen molar-refractivity contribution >= 4 is 28.5 Å². The topological polar surface area (TPSA) is 150 Å². The van der Waals surface area contributed by atoms with Gasteiger partial charge in [-0.05, 0) is 12.1 Å². The van der Waals surface area contributed by atoms with E-state index in [1.54, 1.807) is 11.7 Å². The summed E-state index contributed by atoms with van der Waals surface area (Å²) in [4.78, 5) is 22.3. The number of hydrogen-bond donors (Lipinski definition) is 2. The average molecular weight is 395 g/mol. The van der Waals surface area contributed by atoms with Gasteiger partial charge in [0, 0.05) is 18.5 Å². The van der Waals surface area contributed by atoms with Crippen molar-refractivity contribution in [3.8, 4) is 5.75 Å². The number of nitrogens with zero attached hydrogens (tertiary/aromatic N) is 8. The summed E-state index contributed by atoms with van der Waals surface area (Å²) in [7, 11) is 1.58. The molecular formula is C17H17N9O3. The number of aromatic carboxylic acids is 1. The summed E-state index contributed by atoms with van der Waals surface area (Å²) in [5.41, 5.74) is 7.33. The summed E-state index contributed by atoms with van der Waals surface area (Å²) in [6.45, 7) is 2.03. The van der Waals surface area contributed by atoms with Gasteiger partial charge in [0.05, 0.1) is 20.2 Å². The highest BCUT2D eigenvalue weighted by molar-refractivity contribution is 5.95. The molecule has 0 fully saturated rings. The van der Waals surface area contributed by atoms with Gasteiger partial charge < -0.3 is 20.1 Å². The molecule has 0 saturated carbocycles. The monoisotopic (exact) mass is 395 g/mol. The number of hydrogen-bond acceptors (Lipinski definition) is 9. The molecule has 12 nitrogen and oxygen atoms in total. The third kappa shape index (κ3) is 2.72. The molecule has 0 unspecified atom stereocenters. The molecule has 1 aromatic carbocycles. The first kappa shape index (κ1) is 17.3. The second kappa shape index (κ2) is 6.38. The van der Waals surface area contributed by atoms with E-state index in [1.165, 1.54) is 4.52 Å². The number of carboxylic acids is 1. The van der Waals surface area contributed by atoms with Gasteiger partial charge in [0.25, 0.3) is 0 Å². The maximum absolute atomic E-state index is 11.2. The van der Waals surface area contributed by atoms with Crippen LogP contribution in [0.1, 0.15) is 22.3 Å². The highest BCUT2D eigenvalue weighted by Crippen LogP contribution is 2.27. The van der Waals surface area contributed by atoms with Crippen LogP contribution >= 0.6 is 0 Å². The smallest absolute Gasteiger partial charge is 0.374 e. The maximum atomic E-state index is 11.2. The number of anilines is 1. The lowest BCUT2D eigenvalue weighted by Crippen LogP contribution is -2.34.